The number of para-hydroxylation sites is 1. The van der Waals surface area contributed by atoms with Crippen molar-refractivity contribution in [1.82, 2.24) is 5.32 Å². The average molecular weight is 246 g/mol. The van der Waals surface area contributed by atoms with Crippen LogP contribution in [0.2, 0.25) is 0 Å². The number of ether oxygens (including phenoxy) is 1. The van der Waals surface area contributed by atoms with Crippen LogP contribution >= 0.6 is 0 Å². The minimum Gasteiger partial charge on any atom is -0.376 e. The molecule has 1 fully saturated rings. The number of hydrogen-bond donors (Lipinski definition) is 1. The van der Waals surface area contributed by atoms with Crippen LogP contribution in [-0.2, 0) is 11.3 Å². The van der Waals surface area contributed by atoms with E-state index < -0.39 is 0 Å². The van der Waals surface area contributed by atoms with Crippen molar-refractivity contribution in [3.63, 3.8) is 0 Å². The first-order valence-corrected chi connectivity index (χ1v) is 7.08. The average Bonchev–Trinajstić information content (AvgIpc) is 2.63. The third kappa shape index (κ3) is 2.68. The summed E-state index contributed by atoms with van der Waals surface area (Å²) >= 11 is 0. The fraction of sp³-hybridized carbons (Fsp3) is 0.600. The number of hydrogen-bond acceptors (Lipinski definition) is 3. The summed E-state index contributed by atoms with van der Waals surface area (Å²) in [6.07, 6.45) is 4.18. The van der Waals surface area contributed by atoms with Gasteiger partial charge in [-0.25, -0.2) is 0 Å². The number of nitrogens with one attached hydrogen (secondary N) is 1. The number of fused-ring (bicyclic) bond motifs is 1. The van der Waals surface area contributed by atoms with E-state index in [1.807, 2.05) is 0 Å². The van der Waals surface area contributed by atoms with Crippen molar-refractivity contribution in [2.24, 2.45) is 0 Å². The molecule has 1 N–H and O–H groups in total. The molecule has 18 heavy (non-hydrogen) atoms. The smallest absolute Gasteiger partial charge is 0.0749 e. The van der Waals surface area contributed by atoms with Crippen LogP contribution in [0.1, 0.15) is 24.8 Å². The van der Waals surface area contributed by atoms with E-state index in [-0.39, 0.29) is 0 Å². The third-order valence-corrected chi connectivity index (χ3v) is 3.90. The van der Waals surface area contributed by atoms with E-state index in [2.05, 4.69) is 34.5 Å². The van der Waals surface area contributed by atoms with E-state index in [4.69, 9.17) is 4.74 Å². The molecular formula is C15H22N2O. The zero-order valence-electron chi connectivity index (χ0n) is 10.9. The molecule has 1 saturated heterocycles. The van der Waals surface area contributed by atoms with Crippen LogP contribution in [0.5, 0.6) is 0 Å². The molecule has 1 unspecified atom stereocenters. The Bertz CT molecular complexity index is 388. The highest BCUT2D eigenvalue weighted by Crippen LogP contribution is 2.24. The molecule has 0 bridgehead atoms. The summed E-state index contributed by atoms with van der Waals surface area (Å²) in [6.45, 7) is 5.10. The summed E-state index contributed by atoms with van der Waals surface area (Å²) in [5.41, 5.74) is 2.79. The fourth-order valence-corrected chi connectivity index (χ4v) is 2.91. The first-order chi connectivity index (χ1) is 8.93. The highest BCUT2D eigenvalue weighted by molar-refractivity contribution is 5.54. The van der Waals surface area contributed by atoms with Crippen LogP contribution < -0.4 is 10.2 Å². The van der Waals surface area contributed by atoms with Gasteiger partial charge in [-0.05, 0) is 30.9 Å². The van der Waals surface area contributed by atoms with Gasteiger partial charge in [0.05, 0.1) is 6.10 Å². The number of benzene rings is 1. The van der Waals surface area contributed by atoms with Crippen LogP contribution in [0, 0.1) is 0 Å². The number of rotatable bonds is 2. The van der Waals surface area contributed by atoms with Gasteiger partial charge in [0.1, 0.15) is 0 Å². The predicted molar refractivity (Wildman–Crippen MR) is 74.0 cm³/mol. The van der Waals surface area contributed by atoms with Crippen molar-refractivity contribution in [1.29, 1.82) is 0 Å². The molecule has 3 rings (SSSR count). The van der Waals surface area contributed by atoms with Gasteiger partial charge in [-0.2, -0.15) is 0 Å². The van der Waals surface area contributed by atoms with Gasteiger partial charge in [-0.15, -0.1) is 0 Å². The minimum absolute atomic E-state index is 0.421. The molecule has 3 nitrogen and oxygen atoms in total. The Kier molecular flexibility index (Phi) is 3.81. The zero-order valence-corrected chi connectivity index (χ0v) is 10.9. The van der Waals surface area contributed by atoms with Crippen molar-refractivity contribution in [3.8, 4) is 0 Å². The van der Waals surface area contributed by atoms with Crippen LogP contribution in [0.3, 0.4) is 0 Å². The lowest BCUT2D eigenvalue weighted by molar-refractivity contribution is 0.0210. The second-order valence-electron chi connectivity index (χ2n) is 5.24. The molecule has 3 heteroatoms. The molecular weight excluding hydrogens is 224 g/mol. The van der Waals surface area contributed by atoms with E-state index in [0.29, 0.717) is 6.10 Å². The minimum atomic E-state index is 0.421. The van der Waals surface area contributed by atoms with Gasteiger partial charge in [0.2, 0.25) is 0 Å². The summed E-state index contributed by atoms with van der Waals surface area (Å²) in [6, 6.07) is 8.73. The maximum Gasteiger partial charge on any atom is 0.0749 e. The second kappa shape index (κ2) is 5.72. The van der Waals surface area contributed by atoms with E-state index in [1.54, 1.807) is 0 Å². The lowest BCUT2D eigenvalue weighted by atomic mass is 10.1. The molecule has 1 atom stereocenters. The van der Waals surface area contributed by atoms with E-state index >= 15 is 0 Å². The maximum absolute atomic E-state index is 5.87. The van der Waals surface area contributed by atoms with Crippen molar-refractivity contribution in [2.75, 3.05) is 31.1 Å². The number of nitrogens with zero attached hydrogens (tertiary/aromatic N) is 1. The van der Waals surface area contributed by atoms with E-state index in [0.717, 1.165) is 32.8 Å². The largest absolute Gasteiger partial charge is 0.376 e. The Morgan fingerprint density at radius 3 is 3.11 bits per heavy atom. The summed E-state index contributed by atoms with van der Waals surface area (Å²) in [5.74, 6) is 0. The molecule has 2 heterocycles. The molecule has 1 aromatic rings. The molecule has 1 aromatic carbocycles. The van der Waals surface area contributed by atoms with Gasteiger partial charge in [0.25, 0.3) is 0 Å². The van der Waals surface area contributed by atoms with Crippen molar-refractivity contribution >= 4 is 5.69 Å². The van der Waals surface area contributed by atoms with Gasteiger partial charge in [-0.3, -0.25) is 0 Å². The molecule has 0 aromatic heterocycles. The summed E-state index contributed by atoms with van der Waals surface area (Å²) in [4.78, 5) is 2.49. The maximum atomic E-state index is 5.87. The summed E-state index contributed by atoms with van der Waals surface area (Å²) in [7, 11) is 0. The van der Waals surface area contributed by atoms with E-state index in [1.165, 1.54) is 30.5 Å². The highest BCUT2D eigenvalue weighted by Gasteiger charge is 2.20. The molecule has 0 spiro atoms. The van der Waals surface area contributed by atoms with Crippen molar-refractivity contribution in [2.45, 2.75) is 31.9 Å². The predicted octanol–water partition coefficient (Wildman–Crippen LogP) is 2.17. The Morgan fingerprint density at radius 1 is 1.28 bits per heavy atom. The first-order valence-electron chi connectivity index (χ1n) is 7.08. The van der Waals surface area contributed by atoms with Crippen molar-refractivity contribution in [3.05, 3.63) is 29.8 Å². The standard InChI is InChI=1S/C15H22N2O/c1-2-7-15-13(5-1)11-16-8-9-17(15)12-14-6-3-4-10-18-14/h1-2,5,7,14,16H,3-4,6,8-12H2. The van der Waals surface area contributed by atoms with Gasteiger partial charge < -0.3 is 15.0 Å². The monoisotopic (exact) mass is 246 g/mol. The Hall–Kier alpha value is -1.06. The third-order valence-electron chi connectivity index (χ3n) is 3.90. The molecule has 0 radical (unpaired) electrons. The quantitative estimate of drug-likeness (QED) is 0.865. The SMILES string of the molecule is c1ccc2c(c1)CNCCN2CC1CCCCO1. The van der Waals surface area contributed by atoms with Crippen LogP contribution in [0.4, 0.5) is 5.69 Å². The van der Waals surface area contributed by atoms with Gasteiger partial charge in [0, 0.05) is 38.5 Å². The lowest BCUT2D eigenvalue weighted by Gasteiger charge is -2.31. The topological polar surface area (TPSA) is 24.5 Å². The summed E-state index contributed by atoms with van der Waals surface area (Å²) < 4.78 is 5.87. The molecule has 98 valence electrons. The molecule has 2 aliphatic heterocycles. The number of anilines is 1. The fourth-order valence-electron chi connectivity index (χ4n) is 2.91. The molecule has 0 saturated carbocycles. The Morgan fingerprint density at radius 2 is 2.22 bits per heavy atom. The Balaban J connectivity index is 1.74. The van der Waals surface area contributed by atoms with Gasteiger partial charge in [-0.1, -0.05) is 18.2 Å². The van der Waals surface area contributed by atoms with Crippen LogP contribution in [0.15, 0.2) is 24.3 Å². The second-order valence-corrected chi connectivity index (χ2v) is 5.24. The lowest BCUT2D eigenvalue weighted by Crippen LogP contribution is -2.38. The normalized spacial score (nSPS) is 24.4. The highest BCUT2D eigenvalue weighted by atomic mass is 16.5. The molecule has 0 amide bonds. The first kappa shape index (κ1) is 12.0. The van der Waals surface area contributed by atoms with Gasteiger partial charge >= 0.3 is 0 Å². The van der Waals surface area contributed by atoms with Crippen LogP contribution in [-0.4, -0.2) is 32.3 Å². The van der Waals surface area contributed by atoms with Gasteiger partial charge in [0.15, 0.2) is 0 Å². The van der Waals surface area contributed by atoms with E-state index in [9.17, 15) is 0 Å². The Labute approximate surface area is 109 Å². The molecule has 2 aliphatic rings. The zero-order chi connectivity index (χ0) is 12.2. The van der Waals surface area contributed by atoms with Crippen LogP contribution in [0.25, 0.3) is 0 Å². The molecule has 0 aliphatic carbocycles. The van der Waals surface area contributed by atoms with Crippen molar-refractivity contribution < 1.29 is 4.74 Å². The summed E-state index contributed by atoms with van der Waals surface area (Å²) in [5, 5.41) is 3.49.